The second-order valence-electron chi connectivity index (χ2n) is 18.3. The molecule has 0 rings (SSSR count). The number of allylic oxidation sites excluding steroid dienone is 2. The van der Waals surface area contributed by atoms with Crippen molar-refractivity contribution >= 4 is 17.3 Å². The molecule has 6 nitrogen and oxygen atoms in total. The van der Waals surface area contributed by atoms with Gasteiger partial charge >= 0.3 is 0 Å². The van der Waals surface area contributed by atoms with E-state index >= 15 is 0 Å². The maximum absolute atomic E-state index is 13.8. The molecule has 0 aromatic carbocycles. The van der Waals surface area contributed by atoms with Gasteiger partial charge < -0.3 is 15.3 Å². The summed E-state index contributed by atoms with van der Waals surface area (Å²) >= 11 is 0. The Hall–Kier alpha value is -1.37. The van der Waals surface area contributed by atoms with Crippen LogP contribution in [0.2, 0.25) is 0 Å². The van der Waals surface area contributed by atoms with Gasteiger partial charge in [0.25, 0.3) is 0 Å². The van der Waals surface area contributed by atoms with Crippen molar-refractivity contribution < 1.29 is 29.7 Å². The fourth-order valence-corrected chi connectivity index (χ4v) is 8.55. The first-order valence-electron chi connectivity index (χ1n) is 26.1. The van der Waals surface area contributed by atoms with Crippen LogP contribution in [-0.4, -0.2) is 50.5 Å². The summed E-state index contributed by atoms with van der Waals surface area (Å²) in [7, 11) is 0. The molecule has 0 aliphatic rings. The summed E-state index contributed by atoms with van der Waals surface area (Å²) in [6.07, 6.45) is 48.5. The van der Waals surface area contributed by atoms with E-state index in [4.69, 9.17) is 0 Å². The number of hydrogen-bond donors (Lipinski definition) is 3. The monoisotopic (exact) mass is 833 g/mol. The van der Waals surface area contributed by atoms with Crippen LogP contribution in [-0.2, 0) is 14.4 Å². The zero-order valence-electron chi connectivity index (χ0n) is 39.6. The zero-order chi connectivity index (χ0) is 43.6. The molecule has 0 aromatic heterocycles. The van der Waals surface area contributed by atoms with Crippen molar-refractivity contribution in [1.82, 2.24) is 0 Å². The summed E-state index contributed by atoms with van der Waals surface area (Å²) in [5.74, 6) is -2.46. The van der Waals surface area contributed by atoms with Crippen LogP contribution < -0.4 is 0 Å². The molecule has 2 unspecified atom stereocenters. The Bertz CT molecular complexity index is 993. The number of carbonyl (C=O) groups excluding carboxylic acids is 3. The average Bonchev–Trinajstić information content (AvgIpc) is 3.24. The maximum atomic E-state index is 13.8. The van der Waals surface area contributed by atoms with E-state index in [1.54, 1.807) is 0 Å². The summed E-state index contributed by atoms with van der Waals surface area (Å²) in [6, 6.07) is 0. The van der Waals surface area contributed by atoms with E-state index in [0.717, 1.165) is 77.0 Å². The molecule has 0 aliphatic carbocycles. The van der Waals surface area contributed by atoms with E-state index in [2.05, 4.69) is 32.9 Å². The van der Waals surface area contributed by atoms with Crippen LogP contribution in [0.3, 0.4) is 0 Å². The molecule has 0 aromatic rings. The third kappa shape index (κ3) is 29.5. The quantitative estimate of drug-likeness (QED) is 0.0320. The number of aliphatic hydroxyl groups excluding tert-OH is 1. The van der Waals surface area contributed by atoms with Gasteiger partial charge in [-0.3, -0.25) is 14.4 Å². The topological polar surface area (TPSA) is 112 Å². The third-order valence-corrected chi connectivity index (χ3v) is 12.8. The van der Waals surface area contributed by atoms with Gasteiger partial charge in [0.1, 0.15) is 0 Å². The van der Waals surface area contributed by atoms with Crippen molar-refractivity contribution in [3.63, 3.8) is 0 Å². The van der Waals surface area contributed by atoms with Crippen LogP contribution in [0.15, 0.2) is 12.2 Å². The molecule has 0 fully saturated rings. The molecule has 0 amide bonds. The molecule has 2 atom stereocenters. The SMILES string of the molecule is CCCCCC/C=C\CCCCCCCC(=O)C(O)(C(=O)CCCCCCCCCCCCCCCCC)C(O)(CO)C(=O)CCCCCCCCCCCCCCC. The third-order valence-electron chi connectivity index (χ3n) is 12.8. The highest BCUT2D eigenvalue weighted by Crippen LogP contribution is 2.32. The first-order chi connectivity index (χ1) is 28.8. The lowest BCUT2D eigenvalue weighted by Crippen LogP contribution is -2.69. The van der Waals surface area contributed by atoms with E-state index in [9.17, 15) is 29.7 Å². The Balaban J connectivity index is 4.94. The molecular formula is C53H100O6. The Kier molecular flexibility index (Phi) is 41.0. The second-order valence-corrected chi connectivity index (χ2v) is 18.3. The van der Waals surface area contributed by atoms with Crippen LogP contribution in [0, 0.1) is 0 Å². The molecule has 0 aliphatic heterocycles. The Morgan fingerprint density at radius 2 is 0.559 bits per heavy atom. The van der Waals surface area contributed by atoms with Gasteiger partial charge in [-0.2, -0.15) is 0 Å². The minimum atomic E-state index is -2.92. The molecule has 0 spiro atoms. The zero-order valence-corrected chi connectivity index (χ0v) is 39.6. The highest BCUT2D eigenvalue weighted by Gasteiger charge is 2.62. The van der Waals surface area contributed by atoms with E-state index in [0.29, 0.717) is 19.3 Å². The molecule has 6 heteroatoms. The molecule has 0 heterocycles. The number of unbranched alkanes of at least 4 members (excludes halogenated alkanes) is 35. The molecule has 0 bridgehead atoms. The first kappa shape index (κ1) is 57.6. The van der Waals surface area contributed by atoms with Gasteiger partial charge in [-0.1, -0.05) is 238 Å². The molecular weight excluding hydrogens is 733 g/mol. The van der Waals surface area contributed by atoms with Crippen LogP contribution in [0.1, 0.15) is 290 Å². The van der Waals surface area contributed by atoms with Gasteiger partial charge in [-0.25, -0.2) is 0 Å². The molecule has 3 N–H and O–H groups in total. The number of rotatable bonds is 48. The number of aliphatic hydroxyl groups is 3. The van der Waals surface area contributed by atoms with Gasteiger partial charge in [0.2, 0.25) is 5.60 Å². The molecule has 59 heavy (non-hydrogen) atoms. The highest BCUT2D eigenvalue weighted by molar-refractivity contribution is 6.16. The van der Waals surface area contributed by atoms with Crippen molar-refractivity contribution in [2.45, 2.75) is 302 Å². The lowest BCUT2D eigenvalue weighted by molar-refractivity contribution is -0.194. The Labute approximate surface area is 366 Å². The predicted molar refractivity (Wildman–Crippen MR) is 252 cm³/mol. The lowest BCUT2D eigenvalue weighted by Gasteiger charge is -2.39. The van der Waals surface area contributed by atoms with Crippen LogP contribution in [0.25, 0.3) is 0 Å². The van der Waals surface area contributed by atoms with Crippen molar-refractivity contribution in [3.8, 4) is 0 Å². The van der Waals surface area contributed by atoms with Gasteiger partial charge in [0.05, 0.1) is 6.61 Å². The van der Waals surface area contributed by atoms with Gasteiger partial charge in [0, 0.05) is 19.3 Å². The minimum absolute atomic E-state index is 0.0795. The molecule has 348 valence electrons. The van der Waals surface area contributed by atoms with E-state index in [1.807, 2.05) is 0 Å². The van der Waals surface area contributed by atoms with Crippen LogP contribution in [0.4, 0.5) is 0 Å². The molecule has 0 saturated carbocycles. The standard InChI is InChI=1S/C53H100O6/c1-4-7-10-13-16-19-22-25-26-29-32-35-38-41-44-47-51(57)53(59,50(56)46-43-40-37-34-31-28-24-21-18-15-12-9-6-3)52(58,48-54)49(55)45-42-39-36-33-30-27-23-20-17-14-11-8-5-2/h21,24,54,58-59H,4-20,22-23,25-48H2,1-3H3/b24-21-. The van der Waals surface area contributed by atoms with Crippen molar-refractivity contribution in [1.29, 1.82) is 0 Å². The summed E-state index contributed by atoms with van der Waals surface area (Å²) in [4.78, 5) is 41.1. The number of carbonyl (C=O) groups is 3. The number of Topliss-reactive ketones (excluding diaryl/α,β-unsaturated/α-hetero) is 3. The predicted octanol–water partition coefficient (Wildman–Crippen LogP) is 15.1. The van der Waals surface area contributed by atoms with Crippen molar-refractivity contribution in [2.24, 2.45) is 0 Å². The van der Waals surface area contributed by atoms with Gasteiger partial charge in [-0.15, -0.1) is 0 Å². The summed E-state index contributed by atoms with van der Waals surface area (Å²) in [5, 5.41) is 34.0. The smallest absolute Gasteiger partial charge is 0.219 e. The largest absolute Gasteiger partial charge is 0.393 e. The lowest BCUT2D eigenvalue weighted by atomic mass is 9.71. The number of ketones is 3. The molecule has 0 saturated heterocycles. The Morgan fingerprint density at radius 3 is 0.831 bits per heavy atom. The van der Waals surface area contributed by atoms with Crippen LogP contribution >= 0.6 is 0 Å². The molecule has 0 radical (unpaired) electrons. The van der Waals surface area contributed by atoms with E-state index in [-0.39, 0.29) is 19.3 Å². The fraction of sp³-hybridized carbons (Fsp3) is 0.906. The fourth-order valence-electron chi connectivity index (χ4n) is 8.55. The van der Waals surface area contributed by atoms with Crippen molar-refractivity contribution in [3.05, 3.63) is 12.2 Å². The van der Waals surface area contributed by atoms with Gasteiger partial charge in [0.15, 0.2) is 23.0 Å². The van der Waals surface area contributed by atoms with Crippen LogP contribution in [0.5, 0.6) is 0 Å². The first-order valence-corrected chi connectivity index (χ1v) is 26.1. The summed E-state index contributed by atoms with van der Waals surface area (Å²) in [6.45, 7) is 5.58. The summed E-state index contributed by atoms with van der Waals surface area (Å²) < 4.78 is 0. The highest BCUT2D eigenvalue weighted by atomic mass is 16.4. The van der Waals surface area contributed by atoms with E-state index in [1.165, 1.54) is 154 Å². The second kappa shape index (κ2) is 42.0. The minimum Gasteiger partial charge on any atom is -0.393 e. The summed E-state index contributed by atoms with van der Waals surface area (Å²) in [5.41, 5.74) is -5.75. The maximum Gasteiger partial charge on any atom is 0.219 e. The van der Waals surface area contributed by atoms with Crippen molar-refractivity contribution in [2.75, 3.05) is 6.61 Å². The van der Waals surface area contributed by atoms with E-state index < -0.39 is 35.2 Å². The van der Waals surface area contributed by atoms with Gasteiger partial charge in [-0.05, 0) is 44.9 Å². The number of hydrogen-bond acceptors (Lipinski definition) is 6. The normalized spacial score (nSPS) is 13.9. The Morgan fingerprint density at radius 1 is 0.339 bits per heavy atom. The average molecular weight is 833 g/mol.